The minimum atomic E-state index is -2.41. The summed E-state index contributed by atoms with van der Waals surface area (Å²) in [6.45, 7) is 0. The Hall–Kier alpha value is 0.851. The molecule has 4 heteroatoms. The molecule has 16 heavy (non-hydrogen) atoms. The van der Waals surface area contributed by atoms with Crippen molar-refractivity contribution >= 4 is 41.6 Å². The summed E-state index contributed by atoms with van der Waals surface area (Å²) in [7, 11) is 2.30. The van der Waals surface area contributed by atoms with Crippen LogP contribution in [0, 0.1) is 0 Å². The molecule has 0 nitrogen and oxygen atoms in total. The summed E-state index contributed by atoms with van der Waals surface area (Å²) in [5.41, 5.74) is 0. The van der Waals surface area contributed by atoms with Gasteiger partial charge < -0.3 is 0 Å². The van der Waals surface area contributed by atoms with E-state index in [1.165, 1.54) is 12.8 Å². The molecule has 0 spiro atoms. The van der Waals surface area contributed by atoms with Crippen LogP contribution in [0.4, 0.5) is 0 Å². The van der Waals surface area contributed by atoms with Gasteiger partial charge in [0.25, 0.3) is 0 Å². The van der Waals surface area contributed by atoms with E-state index in [0.29, 0.717) is 0 Å². The number of hydrogen-bond acceptors (Lipinski definition) is 0. The molecule has 0 saturated heterocycles. The number of allylic oxidation sites excluding steroid dienone is 8. The molecular formula is C12H20Br2SiTi. The van der Waals surface area contributed by atoms with Crippen molar-refractivity contribution < 1.29 is 14.0 Å². The standard InChI is InChI=1S/2C5H5.2CH3.2BrH.H2Si.Ti/c2*1-2-4-5-3-1;;;;;;/h2*1-3H,4H2;2*1H3;2*1H;1H2;. The maximum atomic E-state index is 2.55. The van der Waals surface area contributed by atoms with Crippen LogP contribution < -0.4 is 0 Å². The Balaban J connectivity index is 0.00000112. The molecule has 2 aliphatic carbocycles. The van der Waals surface area contributed by atoms with Crippen molar-refractivity contribution in [1.82, 2.24) is 0 Å². The Bertz CT molecular complexity index is 414. The van der Waals surface area contributed by atoms with Gasteiger partial charge in [-0.15, -0.1) is 34.0 Å². The van der Waals surface area contributed by atoms with E-state index in [0.717, 1.165) is 0 Å². The van der Waals surface area contributed by atoms with Gasteiger partial charge in [0.2, 0.25) is 0 Å². The summed E-state index contributed by atoms with van der Waals surface area (Å²) >= 11 is -2.41. The predicted molar refractivity (Wildman–Crippen MR) is 84.6 cm³/mol. The quantitative estimate of drug-likeness (QED) is 0.611. The van der Waals surface area contributed by atoms with E-state index in [9.17, 15) is 0 Å². The second-order valence-corrected chi connectivity index (χ2v) is 24.5. The first kappa shape index (κ1) is 16.9. The average Bonchev–Trinajstić information content (AvgIpc) is 2.78. The van der Waals surface area contributed by atoms with E-state index < -0.39 is 14.0 Å². The van der Waals surface area contributed by atoms with Gasteiger partial charge in [0, 0.05) is 0 Å². The van der Waals surface area contributed by atoms with Crippen molar-refractivity contribution in [2.45, 2.75) is 23.3 Å². The molecule has 0 fully saturated rings. The molecule has 0 bridgehead atoms. The normalized spacial score (nSPS) is 18.7. The molecule has 0 amide bonds. The van der Waals surface area contributed by atoms with Crippen LogP contribution in [-0.2, 0) is 14.0 Å². The average molecular weight is 400 g/mol. The third-order valence-electron chi connectivity index (χ3n) is 3.60. The van der Waals surface area contributed by atoms with Crippen molar-refractivity contribution in [3.63, 3.8) is 0 Å². The van der Waals surface area contributed by atoms with E-state index in [-0.39, 0.29) is 34.0 Å². The Labute approximate surface area is 122 Å². The zero-order valence-corrected chi connectivity index (χ0v) is 16.3. The number of hydrogen-bond donors (Lipinski definition) is 0. The minimum absolute atomic E-state index is 0. The summed E-state index contributed by atoms with van der Waals surface area (Å²) < 4.78 is 3.46. The molecule has 0 saturated carbocycles. The first-order valence-corrected chi connectivity index (χ1v) is 14.0. The second kappa shape index (κ2) is 5.66. The number of rotatable bonds is 2. The van der Waals surface area contributed by atoms with Crippen LogP contribution in [0.5, 0.6) is 0 Å². The third-order valence-corrected chi connectivity index (χ3v) is 14.9. The van der Waals surface area contributed by atoms with Crippen molar-refractivity contribution in [2.24, 2.45) is 0 Å². The Kier molecular flexibility index (Phi) is 5.96. The maximum absolute atomic E-state index is 2.55. The second-order valence-electron chi connectivity index (χ2n) is 5.33. The monoisotopic (exact) mass is 398 g/mol. The Morgan fingerprint density at radius 3 is 1.56 bits per heavy atom. The van der Waals surface area contributed by atoms with Gasteiger partial charge in [0.05, 0.1) is 0 Å². The Morgan fingerprint density at radius 2 is 1.31 bits per heavy atom. The fourth-order valence-corrected chi connectivity index (χ4v) is 9.48. The first-order valence-electron chi connectivity index (χ1n) is 5.29. The molecule has 0 atom stereocenters. The molecule has 0 radical (unpaired) electrons. The number of halogens is 2. The van der Waals surface area contributed by atoms with Gasteiger partial charge in [-0.05, 0) is 0 Å². The molecule has 0 aliphatic heterocycles. The molecule has 0 N–H and O–H groups in total. The summed E-state index contributed by atoms with van der Waals surface area (Å²) in [5, 5.41) is 5.10. The van der Waals surface area contributed by atoms with Crippen LogP contribution in [0.2, 0.25) is 10.5 Å². The van der Waals surface area contributed by atoms with Gasteiger partial charge in [-0.2, -0.15) is 0 Å². The fraction of sp³-hybridized carbons (Fsp3) is 0.333. The summed E-state index contributed by atoms with van der Waals surface area (Å²) in [4.78, 5) is 0. The van der Waals surface area contributed by atoms with Gasteiger partial charge in [0.15, 0.2) is 0 Å². The van der Waals surface area contributed by atoms with E-state index in [1.54, 1.807) is 7.76 Å². The SMILES string of the molecule is Br.Br.[CH3][Ti]([CH3])(=[SiH2])([C]1=CC=CC1)[C]1=CC=CC1. The molecule has 0 aromatic carbocycles. The van der Waals surface area contributed by atoms with Gasteiger partial charge >= 0.3 is 89.2 Å². The summed E-state index contributed by atoms with van der Waals surface area (Å²) in [6.07, 6.45) is 16.2. The van der Waals surface area contributed by atoms with Crippen molar-refractivity contribution in [1.29, 1.82) is 0 Å². The van der Waals surface area contributed by atoms with Crippen LogP contribution in [-0.4, -0.2) is 7.63 Å². The molecule has 0 heterocycles. The third kappa shape index (κ3) is 2.99. The molecule has 90 valence electrons. The van der Waals surface area contributed by atoms with E-state index in [1.807, 2.05) is 0 Å². The van der Waals surface area contributed by atoms with Crippen molar-refractivity contribution in [3.05, 3.63) is 44.2 Å². The van der Waals surface area contributed by atoms with E-state index >= 15 is 0 Å². The van der Waals surface area contributed by atoms with Crippen LogP contribution in [0.1, 0.15) is 12.8 Å². The van der Waals surface area contributed by atoms with Gasteiger partial charge in [0.1, 0.15) is 0 Å². The predicted octanol–water partition coefficient (Wildman–Crippen LogP) is 4.16. The molecular weight excluding hydrogens is 380 g/mol. The van der Waals surface area contributed by atoms with Crippen LogP contribution >= 0.6 is 34.0 Å². The molecule has 0 unspecified atom stereocenters. The summed E-state index contributed by atoms with van der Waals surface area (Å²) in [5.74, 6) is 0. The topological polar surface area (TPSA) is 0 Å². The van der Waals surface area contributed by atoms with Crippen LogP contribution in [0.3, 0.4) is 0 Å². The summed E-state index contributed by atoms with van der Waals surface area (Å²) in [6, 6.07) is 0. The molecule has 0 aromatic heterocycles. The van der Waals surface area contributed by atoms with E-state index in [4.69, 9.17) is 0 Å². The van der Waals surface area contributed by atoms with Gasteiger partial charge in [-0.1, -0.05) is 0 Å². The van der Waals surface area contributed by atoms with Crippen molar-refractivity contribution in [2.75, 3.05) is 0 Å². The zero-order chi connectivity index (χ0) is 10.3. The van der Waals surface area contributed by atoms with Crippen molar-refractivity contribution in [3.8, 4) is 0 Å². The van der Waals surface area contributed by atoms with Gasteiger partial charge in [-0.25, -0.2) is 0 Å². The molecule has 0 aromatic rings. The zero-order valence-electron chi connectivity index (χ0n) is 9.90. The first-order chi connectivity index (χ1) is 6.49. The van der Waals surface area contributed by atoms with E-state index in [2.05, 4.69) is 54.5 Å². The molecule has 2 rings (SSSR count). The van der Waals surface area contributed by atoms with Crippen LogP contribution in [0.15, 0.2) is 44.2 Å². The molecule has 2 aliphatic rings. The Morgan fingerprint density at radius 1 is 0.938 bits per heavy atom. The van der Waals surface area contributed by atoms with Crippen LogP contribution in [0.25, 0.3) is 0 Å². The fourth-order valence-electron chi connectivity index (χ4n) is 2.29. The van der Waals surface area contributed by atoms with Gasteiger partial charge in [-0.3, -0.25) is 0 Å².